The Morgan fingerprint density at radius 2 is 1.95 bits per heavy atom. The molecule has 0 aromatic rings. The van der Waals surface area contributed by atoms with E-state index in [2.05, 4.69) is 6.07 Å². The Labute approximate surface area is 123 Å². The fourth-order valence-corrected chi connectivity index (χ4v) is 4.35. The van der Waals surface area contributed by atoms with Crippen LogP contribution < -0.4 is 0 Å². The highest BCUT2D eigenvalue weighted by atomic mass is 16.7. The number of nitriles is 3. The van der Waals surface area contributed by atoms with E-state index in [0.29, 0.717) is 19.3 Å². The Bertz CT molecular complexity index is 611. The highest BCUT2D eigenvalue weighted by Crippen LogP contribution is 2.66. The van der Waals surface area contributed by atoms with Crippen LogP contribution in [0.3, 0.4) is 0 Å². The third-order valence-electron chi connectivity index (χ3n) is 5.30. The molecule has 0 unspecified atom stereocenters. The van der Waals surface area contributed by atoms with Crippen molar-refractivity contribution in [2.24, 2.45) is 16.7 Å². The van der Waals surface area contributed by atoms with E-state index in [-0.39, 0.29) is 5.90 Å². The second kappa shape index (κ2) is 4.20. The van der Waals surface area contributed by atoms with Gasteiger partial charge >= 0.3 is 0 Å². The first-order valence-corrected chi connectivity index (χ1v) is 7.26. The number of hydrogen-bond acceptors (Lipinski definition) is 6. The molecule has 1 N–H and O–H groups in total. The fourth-order valence-electron chi connectivity index (χ4n) is 4.35. The van der Waals surface area contributed by atoms with Gasteiger partial charge in [-0.2, -0.15) is 15.8 Å². The molecule has 6 heteroatoms. The monoisotopic (exact) mass is 284 g/mol. The van der Waals surface area contributed by atoms with Crippen LogP contribution in [0.1, 0.15) is 39.0 Å². The Hall–Kier alpha value is -2.10. The predicted molar refractivity (Wildman–Crippen MR) is 70.4 cm³/mol. The summed E-state index contributed by atoms with van der Waals surface area (Å²) in [5.74, 6) is -1.68. The molecule has 0 radical (unpaired) electrons. The van der Waals surface area contributed by atoms with Crippen LogP contribution in [-0.2, 0) is 9.47 Å². The van der Waals surface area contributed by atoms with Gasteiger partial charge in [-0.1, -0.05) is 13.3 Å². The van der Waals surface area contributed by atoms with Crippen molar-refractivity contribution in [3.8, 4) is 18.2 Å². The number of rotatable bonds is 1. The Balaban J connectivity index is 2.30. The lowest BCUT2D eigenvalue weighted by molar-refractivity contribution is -0.291. The molecule has 2 saturated heterocycles. The van der Waals surface area contributed by atoms with Crippen molar-refractivity contribution in [1.82, 2.24) is 0 Å². The summed E-state index contributed by atoms with van der Waals surface area (Å²) in [6, 6.07) is 6.17. The zero-order valence-corrected chi connectivity index (χ0v) is 11.8. The van der Waals surface area contributed by atoms with Crippen LogP contribution in [0.4, 0.5) is 0 Å². The summed E-state index contributed by atoms with van der Waals surface area (Å²) in [6.45, 7) is 1.82. The van der Waals surface area contributed by atoms with Gasteiger partial charge in [0.2, 0.25) is 11.7 Å². The molecule has 3 fully saturated rings. The van der Waals surface area contributed by atoms with Gasteiger partial charge in [0.25, 0.3) is 0 Å². The van der Waals surface area contributed by atoms with E-state index < -0.39 is 28.6 Å². The Morgan fingerprint density at radius 1 is 1.24 bits per heavy atom. The Morgan fingerprint density at radius 3 is 2.52 bits per heavy atom. The predicted octanol–water partition coefficient (Wildman–Crippen LogP) is 2.23. The van der Waals surface area contributed by atoms with Crippen LogP contribution in [0.15, 0.2) is 0 Å². The normalized spacial score (nSPS) is 42.9. The highest BCUT2D eigenvalue weighted by Gasteiger charge is 2.79. The molecule has 0 aromatic heterocycles. The zero-order chi connectivity index (χ0) is 15.3. The number of hydrogen-bond donors (Lipinski definition) is 1. The SMILES string of the molecule is CC[C@@H]1O[C@@]23CCCC[C@H]2[C@](C#N)(C(=N)O3)C1(C#N)C#N. The number of ether oxygens (including phenoxy) is 2. The van der Waals surface area contributed by atoms with Gasteiger partial charge in [-0.15, -0.1) is 0 Å². The summed E-state index contributed by atoms with van der Waals surface area (Å²) in [7, 11) is 0. The molecule has 2 bridgehead atoms. The minimum atomic E-state index is -1.68. The summed E-state index contributed by atoms with van der Waals surface area (Å²) < 4.78 is 11.8. The molecule has 6 nitrogen and oxygen atoms in total. The average molecular weight is 284 g/mol. The van der Waals surface area contributed by atoms with E-state index in [1.54, 1.807) is 0 Å². The third-order valence-corrected chi connectivity index (χ3v) is 5.30. The van der Waals surface area contributed by atoms with Crippen LogP contribution in [0.25, 0.3) is 0 Å². The minimum absolute atomic E-state index is 0.268. The lowest BCUT2D eigenvalue weighted by Gasteiger charge is -2.51. The molecule has 0 amide bonds. The van der Waals surface area contributed by atoms with Crippen LogP contribution in [-0.4, -0.2) is 17.8 Å². The molecule has 2 heterocycles. The number of nitrogens with zero attached hydrogens (tertiary/aromatic N) is 3. The highest BCUT2D eigenvalue weighted by molar-refractivity contribution is 5.89. The van der Waals surface area contributed by atoms with E-state index >= 15 is 0 Å². The molecule has 3 rings (SSSR count). The molecule has 1 aliphatic carbocycles. The molecular formula is C15H16N4O2. The molecule has 21 heavy (non-hydrogen) atoms. The first kappa shape index (κ1) is 13.9. The fraction of sp³-hybridized carbons (Fsp3) is 0.733. The largest absolute Gasteiger partial charge is 0.447 e. The van der Waals surface area contributed by atoms with Gasteiger partial charge < -0.3 is 9.47 Å². The molecule has 4 atom stereocenters. The topological polar surface area (TPSA) is 114 Å². The smallest absolute Gasteiger partial charge is 0.217 e. The van der Waals surface area contributed by atoms with E-state index in [4.69, 9.17) is 14.9 Å². The second-order valence-corrected chi connectivity index (χ2v) is 6.01. The van der Waals surface area contributed by atoms with Crippen LogP contribution in [0.5, 0.6) is 0 Å². The summed E-state index contributed by atoms with van der Waals surface area (Å²) in [5.41, 5.74) is -3.20. The maximum atomic E-state index is 9.86. The van der Waals surface area contributed by atoms with Crippen molar-refractivity contribution in [1.29, 1.82) is 21.2 Å². The van der Waals surface area contributed by atoms with E-state index in [0.717, 1.165) is 12.8 Å². The summed E-state index contributed by atoms with van der Waals surface area (Å²) in [4.78, 5) is 0. The molecule has 108 valence electrons. The molecule has 0 spiro atoms. The number of nitrogens with one attached hydrogen (secondary N) is 1. The van der Waals surface area contributed by atoms with Gasteiger partial charge in [0.15, 0.2) is 10.8 Å². The molecular weight excluding hydrogens is 268 g/mol. The second-order valence-electron chi connectivity index (χ2n) is 6.01. The van der Waals surface area contributed by atoms with Crippen molar-refractivity contribution in [2.45, 2.75) is 50.9 Å². The Kier molecular flexibility index (Phi) is 2.77. The van der Waals surface area contributed by atoms with Gasteiger partial charge in [-0.25, -0.2) is 0 Å². The van der Waals surface area contributed by atoms with Crippen molar-refractivity contribution in [3.63, 3.8) is 0 Å². The van der Waals surface area contributed by atoms with Crippen LogP contribution in [0.2, 0.25) is 0 Å². The van der Waals surface area contributed by atoms with Gasteiger partial charge in [0.05, 0.1) is 30.2 Å². The lowest BCUT2D eigenvalue weighted by Crippen LogP contribution is -2.63. The summed E-state index contributed by atoms with van der Waals surface area (Å²) in [6.07, 6.45) is 2.73. The van der Waals surface area contributed by atoms with Crippen LogP contribution in [0, 0.1) is 56.2 Å². The maximum Gasteiger partial charge on any atom is 0.217 e. The lowest BCUT2D eigenvalue weighted by atomic mass is 9.52. The van der Waals surface area contributed by atoms with Crippen molar-refractivity contribution in [3.05, 3.63) is 0 Å². The standard InChI is InChI=1S/C15H16N4O2/c1-2-11-13(7-16,8-17)14(9-18)10-5-3-4-6-15(10,20-11)21-12(14)19/h10-11,19H,2-6H2,1H3/t10-,11-,14+,15+/m0/s1. The zero-order valence-electron chi connectivity index (χ0n) is 11.8. The summed E-state index contributed by atoms with van der Waals surface area (Å²) >= 11 is 0. The average Bonchev–Trinajstić information content (AvgIpc) is 2.72. The van der Waals surface area contributed by atoms with E-state index in [9.17, 15) is 15.8 Å². The molecule has 0 aromatic carbocycles. The molecule has 2 aliphatic heterocycles. The van der Waals surface area contributed by atoms with Gasteiger partial charge in [0.1, 0.15) is 0 Å². The van der Waals surface area contributed by atoms with Gasteiger partial charge in [-0.3, -0.25) is 5.41 Å². The molecule has 3 aliphatic rings. The van der Waals surface area contributed by atoms with Gasteiger partial charge in [0, 0.05) is 6.42 Å². The van der Waals surface area contributed by atoms with E-state index in [1.807, 2.05) is 19.1 Å². The van der Waals surface area contributed by atoms with Gasteiger partial charge in [-0.05, 0) is 19.3 Å². The maximum absolute atomic E-state index is 9.86. The van der Waals surface area contributed by atoms with Crippen LogP contribution >= 0.6 is 0 Å². The van der Waals surface area contributed by atoms with E-state index in [1.165, 1.54) is 0 Å². The third kappa shape index (κ3) is 1.26. The minimum Gasteiger partial charge on any atom is -0.447 e. The van der Waals surface area contributed by atoms with Crippen molar-refractivity contribution < 1.29 is 9.47 Å². The first-order valence-electron chi connectivity index (χ1n) is 7.26. The summed E-state index contributed by atoms with van der Waals surface area (Å²) in [5, 5.41) is 37.5. The molecule has 1 saturated carbocycles. The first-order chi connectivity index (χ1) is 10.1. The van der Waals surface area contributed by atoms with Crippen molar-refractivity contribution in [2.75, 3.05) is 0 Å². The van der Waals surface area contributed by atoms with Crippen molar-refractivity contribution >= 4 is 5.90 Å². The quantitative estimate of drug-likeness (QED) is 0.793.